The second-order valence-corrected chi connectivity index (χ2v) is 12.6. The first kappa shape index (κ1) is 36.1. The van der Waals surface area contributed by atoms with Crippen molar-refractivity contribution in [1.29, 1.82) is 0 Å². The molecular weight excluding hydrogens is 566 g/mol. The number of carbonyl (C=O) groups excluding carboxylic acids is 6. The molecule has 1 aliphatic heterocycles. The van der Waals surface area contributed by atoms with Crippen molar-refractivity contribution in [1.82, 2.24) is 25.9 Å². The van der Waals surface area contributed by atoms with Crippen molar-refractivity contribution in [2.24, 2.45) is 5.41 Å². The number of carbonyl (C=O) groups is 6. The van der Waals surface area contributed by atoms with Gasteiger partial charge in [0.25, 0.3) is 11.8 Å². The van der Waals surface area contributed by atoms with Gasteiger partial charge in [0.2, 0.25) is 17.7 Å². The van der Waals surface area contributed by atoms with Crippen molar-refractivity contribution in [2.75, 3.05) is 27.2 Å². The van der Waals surface area contributed by atoms with E-state index in [4.69, 9.17) is 4.84 Å². The minimum atomic E-state index is -0.823. The first-order valence-electron chi connectivity index (χ1n) is 14.8. The van der Waals surface area contributed by atoms with E-state index in [9.17, 15) is 28.8 Å². The molecule has 2 atom stereocenters. The van der Waals surface area contributed by atoms with Crippen LogP contribution in [0.2, 0.25) is 0 Å². The molecule has 1 aromatic rings. The summed E-state index contributed by atoms with van der Waals surface area (Å²) in [4.78, 5) is 80.9. The molecule has 0 bridgehead atoms. The summed E-state index contributed by atoms with van der Waals surface area (Å²) in [5.74, 6) is -2.80. The molecule has 0 spiro atoms. The smallest absolute Gasteiger partial charge is 0.333 e. The van der Waals surface area contributed by atoms with Gasteiger partial charge in [0, 0.05) is 50.4 Å². The molecule has 0 aromatic heterocycles. The summed E-state index contributed by atoms with van der Waals surface area (Å²) in [5, 5.41) is 9.28. The number of hydrogen-bond acceptors (Lipinski definition) is 8. The van der Waals surface area contributed by atoms with Crippen LogP contribution in [0.25, 0.3) is 0 Å². The third-order valence-corrected chi connectivity index (χ3v) is 7.64. The monoisotopic (exact) mass is 613 g/mol. The van der Waals surface area contributed by atoms with Crippen molar-refractivity contribution in [2.45, 2.75) is 84.7 Å². The number of hydroxylamine groups is 2. The highest BCUT2D eigenvalue weighted by Crippen LogP contribution is 2.28. The van der Waals surface area contributed by atoms with Crippen LogP contribution in [0, 0.1) is 5.41 Å². The van der Waals surface area contributed by atoms with Crippen LogP contribution < -0.4 is 16.0 Å². The Bertz CT molecular complexity index is 1240. The second-order valence-electron chi connectivity index (χ2n) is 12.6. The fourth-order valence-electron chi connectivity index (χ4n) is 4.78. The summed E-state index contributed by atoms with van der Waals surface area (Å²) < 4.78 is 0. The minimum Gasteiger partial charge on any atom is -0.352 e. The number of nitrogens with one attached hydrogen (secondary N) is 3. The van der Waals surface area contributed by atoms with E-state index in [1.807, 2.05) is 65.0 Å². The van der Waals surface area contributed by atoms with Crippen molar-refractivity contribution in [3.05, 3.63) is 47.5 Å². The molecule has 1 aliphatic rings. The number of amides is 5. The van der Waals surface area contributed by atoms with Crippen molar-refractivity contribution in [3.8, 4) is 0 Å². The summed E-state index contributed by atoms with van der Waals surface area (Å²) in [5.41, 5.74) is 0.204. The molecule has 1 aromatic carbocycles. The Morgan fingerprint density at radius 2 is 1.59 bits per heavy atom. The second kappa shape index (κ2) is 15.6. The first-order chi connectivity index (χ1) is 20.5. The largest absolute Gasteiger partial charge is 0.352 e. The summed E-state index contributed by atoms with van der Waals surface area (Å²) in [6.45, 7) is 11.5. The Labute approximate surface area is 259 Å². The van der Waals surface area contributed by atoms with E-state index in [2.05, 4.69) is 16.0 Å². The maximum atomic E-state index is 13.5. The van der Waals surface area contributed by atoms with Crippen LogP contribution in [-0.2, 0) is 39.0 Å². The van der Waals surface area contributed by atoms with Gasteiger partial charge in [-0.05, 0) is 31.4 Å². The summed E-state index contributed by atoms with van der Waals surface area (Å²) in [6.07, 6.45) is 1.80. The van der Waals surface area contributed by atoms with Crippen LogP contribution >= 0.6 is 0 Å². The molecule has 3 N–H and O–H groups in total. The summed E-state index contributed by atoms with van der Waals surface area (Å²) >= 11 is 0. The summed E-state index contributed by atoms with van der Waals surface area (Å²) in [7, 11) is 3.33. The van der Waals surface area contributed by atoms with Gasteiger partial charge in [-0.3, -0.25) is 24.0 Å². The SMILES string of the molecule is CN[C@H](C(=O)NC(C(=O)N(C)C/C=C(\C)C(=O)NCCCC(=O)ON1C(=O)CCC1=O)C(C)(C)C)C(C)(C)c1ccccc1. The van der Waals surface area contributed by atoms with Crippen LogP contribution in [0.1, 0.15) is 72.8 Å². The lowest BCUT2D eigenvalue weighted by molar-refractivity contribution is -0.197. The molecule has 242 valence electrons. The van der Waals surface area contributed by atoms with Gasteiger partial charge in [-0.15, -0.1) is 5.06 Å². The average Bonchev–Trinajstić information content (AvgIpc) is 3.28. The molecule has 0 aliphatic carbocycles. The van der Waals surface area contributed by atoms with E-state index in [1.54, 1.807) is 27.1 Å². The Morgan fingerprint density at radius 3 is 2.14 bits per heavy atom. The average molecular weight is 614 g/mol. The molecule has 1 heterocycles. The number of imide groups is 1. The van der Waals surface area contributed by atoms with Crippen LogP contribution in [0.3, 0.4) is 0 Å². The predicted molar refractivity (Wildman–Crippen MR) is 165 cm³/mol. The van der Waals surface area contributed by atoms with Crippen molar-refractivity contribution >= 4 is 35.5 Å². The fourth-order valence-corrected chi connectivity index (χ4v) is 4.78. The van der Waals surface area contributed by atoms with Gasteiger partial charge in [-0.25, -0.2) is 4.79 Å². The van der Waals surface area contributed by atoms with Gasteiger partial charge in [0.05, 0.1) is 6.04 Å². The van der Waals surface area contributed by atoms with Gasteiger partial charge in [0.1, 0.15) is 6.04 Å². The van der Waals surface area contributed by atoms with Gasteiger partial charge in [-0.1, -0.05) is 71.0 Å². The molecule has 1 unspecified atom stereocenters. The Balaban J connectivity index is 1.93. The topological polar surface area (TPSA) is 154 Å². The molecule has 12 nitrogen and oxygen atoms in total. The zero-order valence-electron chi connectivity index (χ0n) is 27.1. The lowest BCUT2D eigenvalue weighted by Gasteiger charge is -2.38. The molecule has 1 fully saturated rings. The Hall–Kier alpha value is -4.06. The van der Waals surface area contributed by atoms with Gasteiger partial charge in [-0.2, -0.15) is 0 Å². The molecule has 0 radical (unpaired) electrons. The molecule has 1 saturated heterocycles. The molecule has 5 amide bonds. The van der Waals surface area contributed by atoms with Gasteiger partial charge in [0.15, 0.2) is 0 Å². The highest BCUT2D eigenvalue weighted by Gasteiger charge is 2.40. The Morgan fingerprint density at radius 1 is 1.00 bits per heavy atom. The minimum absolute atomic E-state index is 0.0178. The van der Waals surface area contributed by atoms with E-state index in [1.165, 1.54) is 4.90 Å². The third-order valence-electron chi connectivity index (χ3n) is 7.64. The number of rotatable bonds is 14. The van der Waals surface area contributed by atoms with Crippen LogP contribution in [0.5, 0.6) is 0 Å². The lowest BCUT2D eigenvalue weighted by atomic mass is 9.76. The molecule has 12 heteroatoms. The molecule has 0 saturated carbocycles. The number of hydrogen-bond donors (Lipinski definition) is 3. The maximum absolute atomic E-state index is 13.5. The number of benzene rings is 1. The maximum Gasteiger partial charge on any atom is 0.333 e. The zero-order chi connectivity index (χ0) is 33.2. The standard InChI is InChI=1S/C32H47N5O7/c1-21(28(41)34-19-12-15-25(40)44-37-23(38)16-17-24(37)39)18-20-36(8)30(43)27(31(2,3)4)35-29(42)26(33-7)32(5,6)22-13-10-9-11-14-22/h9-11,13-14,18,26-27,33H,12,15-17,19-20H2,1-8H3,(H,34,41)(H,35,42)/b21-18+/t26-,27?/m1/s1. The highest BCUT2D eigenvalue weighted by molar-refractivity contribution is 6.01. The van der Waals surface area contributed by atoms with Crippen molar-refractivity contribution in [3.63, 3.8) is 0 Å². The van der Waals surface area contributed by atoms with Gasteiger partial charge < -0.3 is 25.7 Å². The number of likely N-dealkylation sites (N-methyl/N-ethyl adjacent to an activating group) is 2. The molecule has 2 rings (SSSR count). The number of nitrogens with zero attached hydrogens (tertiary/aromatic N) is 2. The molecular formula is C32H47N5O7. The predicted octanol–water partition coefficient (Wildman–Crippen LogP) is 1.99. The summed E-state index contributed by atoms with van der Waals surface area (Å²) in [6, 6.07) is 8.28. The first-order valence-corrected chi connectivity index (χ1v) is 14.8. The highest BCUT2D eigenvalue weighted by atomic mass is 16.7. The van der Waals surface area contributed by atoms with E-state index >= 15 is 0 Å². The van der Waals surface area contributed by atoms with E-state index < -0.39 is 40.7 Å². The van der Waals surface area contributed by atoms with Gasteiger partial charge >= 0.3 is 5.97 Å². The van der Waals surface area contributed by atoms with Crippen LogP contribution in [0.15, 0.2) is 42.0 Å². The molecule has 44 heavy (non-hydrogen) atoms. The normalized spacial score (nSPS) is 15.5. The van der Waals surface area contributed by atoms with E-state index in [-0.39, 0.29) is 56.5 Å². The fraction of sp³-hybridized carbons (Fsp3) is 0.562. The lowest BCUT2D eigenvalue weighted by Crippen LogP contribution is -2.60. The van der Waals surface area contributed by atoms with E-state index in [0.29, 0.717) is 10.6 Å². The zero-order valence-corrected chi connectivity index (χ0v) is 27.1. The Kier molecular flexibility index (Phi) is 12.8. The van der Waals surface area contributed by atoms with Crippen LogP contribution in [-0.4, -0.2) is 84.7 Å². The van der Waals surface area contributed by atoms with E-state index in [0.717, 1.165) is 5.56 Å². The van der Waals surface area contributed by atoms with Crippen LogP contribution in [0.4, 0.5) is 0 Å². The third kappa shape index (κ3) is 9.73. The van der Waals surface area contributed by atoms with Crippen molar-refractivity contribution < 1.29 is 33.6 Å². The quantitative estimate of drug-likeness (QED) is 0.164.